The number of amides is 2. The van der Waals surface area contributed by atoms with Crippen LogP contribution in [0.25, 0.3) is 0 Å². The molecule has 0 saturated heterocycles. The van der Waals surface area contributed by atoms with Crippen LogP contribution in [0.15, 0.2) is 36.4 Å². The number of methoxy groups -OCH3 is 1. The van der Waals surface area contributed by atoms with Crippen LogP contribution in [0.1, 0.15) is 6.92 Å². The summed E-state index contributed by atoms with van der Waals surface area (Å²) in [5, 5.41) is 6.74. The summed E-state index contributed by atoms with van der Waals surface area (Å²) in [4.78, 5) is 26.4. The summed E-state index contributed by atoms with van der Waals surface area (Å²) >= 11 is 17.9. The normalized spacial score (nSPS) is 11.8. The summed E-state index contributed by atoms with van der Waals surface area (Å²) in [5.41, 5.74) is 0.905. The number of likely N-dealkylation sites (N-methyl/N-ethyl adjacent to an activating group) is 1. The SMILES string of the molecule is COc1ccc(Cl)cc1NC(=O)CN(C)C(C)C(=O)Nc1ccc(Cl)cc1Cl. The molecule has 0 fully saturated rings. The third-order valence-corrected chi connectivity index (χ3v) is 4.84. The smallest absolute Gasteiger partial charge is 0.241 e. The lowest BCUT2D eigenvalue weighted by atomic mass is 10.2. The molecule has 9 heteroatoms. The number of nitrogens with zero attached hydrogens (tertiary/aromatic N) is 1. The number of benzene rings is 2. The highest BCUT2D eigenvalue weighted by molar-refractivity contribution is 6.36. The van der Waals surface area contributed by atoms with Gasteiger partial charge in [-0.2, -0.15) is 0 Å². The van der Waals surface area contributed by atoms with Crippen LogP contribution in [0, 0.1) is 0 Å². The summed E-state index contributed by atoms with van der Waals surface area (Å²) in [6, 6.07) is 9.12. The highest BCUT2D eigenvalue weighted by Crippen LogP contribution is 2.28. The monoisotopic (exact) mass is 443 g/mol. The molecule has 2 aromatic carbocycles. The maximum absolute atomic E-state index is 12.5. The van der Waals surface area contributed by atoms with Gasteiger partial charge in [-0.25, -0.2) is 0 Å². The van der Waals surface area contributed by atoms with Crippen molar-refractivity contribution < 1.29 is 14.3 Å². The fraction of sp³-hybridized carbons (Fsp3) is 0.263. The molecule has 0 aliphatic heterocycles. The molecule has 0 radical (unpaired) electrons. The Hall–Kier alpha value is -1.99. The third-order valence-electron chi connectivity index (χ3n) is 4.06. The van der Waals surface area contributed by atoms with E-state index in [-0.39, 0.29) is 18.4 Å². The Morgan fingerprint density at radius 2 is 1.68 bits per heavy atom. The van der Waals surface area contributed by atoms with Gasteiger partial charge in [0.05, 0.1) is 36.1 Å². The first-order valence-corrected chi connectivity index (χ1v) is 9.44. The van der Waals surface area contributed by atoms with Crippen LogP contribution in [-0.4, -0.2) is 43.5 Å². The van der Waals surface area contributed by atoms with E-state index in [1.807, 2.05) is 0 Å². The van der Waals surface area contributed by atoms with E-state index in [9.17, 15) is 9.59 Å². The van der Waals surface area contributed by atoms with E-state index >= 15 is 0 Å². The fourth-order valence-corrected chi connectivity index (χ4v) is 2.99. The van der Waals surface area contributed by atoms with E-state index in [0.717, 1.165) is 0 Å². The van der Waals surface area contributed by atoms with Crippen molar-refractivity contribution in [3.05, 3.63) is 51.5 Å². The predicted octanol–water partition coefficient (Wildman–Crippen LogP) is 4.55. The second kappa shape index (κ2) is 9.98. The zero-order valence-electron chi connectivity index (χ0n) is 15.6. The first-order valence-electron chi connectivity index (χ1n) is 8.30. The number of ether oxygens (including phenoxy) is 1. The van der Waals surface area contributed by atoms with Gasteiger partial charge in [0.1, 0.15) is 5.75 Å². The lowest BCUT2D eigenvalue weighted by Gasteiger charge is -2.23. The van der Waals surface area contributed by atoms with Gasteiger partial charge in [-0.1, -0.05) is 34.8 Å². The molecule has 2 aromatic rings. The largest absolute Gasteiger partial charge is 0.495 e. The molecule has 0 aliphatic carbocycles. The van der Waals surface area contributed by atoms with Gasteiger partial charge in [0.25, 0.3) is 0 Å². The molecule has 0 bridgehead atoms. The Labute approximate surface area is 178 Å². The Morgan fingerprint density at radius 1 is 1.04 bits per heavy atom. The van der Waals surface area contributed by atoms with Gasteiger partial charge in [0.15, 0.2) is 0 Å². The zero-order valence-corrected chi connectivity index (χ0v) is 17.8. The molecule has 0 aromatic heterocycles. The molecule has 0 saturated carbocycles. The van der Waals surface area contributed by atoms with Crippen molar-refractivity contribution >= 4 is 58.0 Å². The van der Waals surface area contributed by atoms with Crippen LogP contribution in [0.4, 0.5) is 11.4 Å². The number of anilines is 2. The standard InChI is InChI=1S/C19H20Cl3N3O3/c1-11(19(27)24-15-6-4-12(20)8-14(15)22)25(2)10-18(26)23-16-9-13(21)5-7-17(16)28-3/h4-9,11H,10H2,1-3H3,(H,23,26)(H,24,27). The van der Waals surface area contributed by atoms with Crippen LogP contribution in [-0.2, 0) is 9.59 Å². The lowest BCUT2D eigenvalue weighted by Crippen LogP contribution is -2.43. The Bertz CT molecular complexity index is 877. The summed E-state index contributed by atoms with van der Waals surface area (Å²) < 4.78 is 5.20. The second-order valence-corrected chi connectivity index (χ2v) is 7.38. The minimum atomic E-state index is -0.584. The third kappa shape index (κ3) is 6.01. The highest BCUT2D eigenvalue weighted by atomic mass is 35.5. The molecule has 6 nitrogen and oxygen atoms in total. The number of halogens is 3. The number of rotatable bonds is 7. The Balaban J connectivity index is 1.97. The average Bonchev–Trinajstić information content (AvgIpc) is 2.63. The number of hydrogen-bond acceptors (Lipinski definition) is 4. The highest BCUT2D eigenvalue weighted by Gasteiger charge is 2.21. The van der Waals surface area contributed by atoms with Gasteiger partial charge in [0, 0.05) is 10.0 Å². The average molecular weight is 445 g/mol. The Kier molecular flexibility index (Phi) is 7.95. The van der Waals surface area contributed by atoms with Gasteiger partial charge in [-0.3, -0.25) is 14.5 Å². The molecule has 0 spiro atoms. The van der Waals surface area contributed by atoms with Crippen LogP contribution < -0.4 is 15.4 Å². The molecular formula is C19H20Cl3N3O3. The van der Waals surface area contributed by atoms with E-state index in [2.05, 4.69) is 10.6 Å². The molecule has 1 unspecified atom stereocenters. The van der Waals surface area contributed by atoms with Crippen molar-refractivity contribution in [1.29, 1.82) is 0 Å². The van der Waals surface area contributed by atoms with E-state index in [0.29, 0.717) is 32.2 Å². The van der Waals surface area contributed by atoms with Crippen molar-refractivity contribution in [2.75, 3.05) is 31.3 Å². The quantitative estimate of drug-likeness (QED) is 0.657. The first-order chi connectivity index (χ1) is 13.2. The van der Waals surface area contributed by atoms with Crippen molar-refractivity contribution in [2.45, 2.75) is 13.0 Å². The molecule has 150 valence electrons. The van der Waals surface area contributed by atoms with Gasteiger partial charge in [-0.15, -0.1) is 0 Å². The number of nitrogens with one attached hydrogen (secondary N) is 2. The van der Waals surface area contributed by atoms with E-state index in [4.69, 9.17) is 39.5 Å². The molecule has 0 heterocycles. The second-order valence-electron chi connectivity index (χ2n) is 6.10. The molecule has 28 heavy (non-hydrogen) atoms. The van der Waals surface area contributed by atoms with Crippen molar-refractivity contribution in [2.24, 2.45) is 0 Å². The topological polar surface area (TPSA) is 70.7 Å². The minimum Gasteiger partial charge on any atom is -0.495 e. The number of hydrogen-bond donors (Lipinski definition) is 2. The minimum absolute atomic E-state index is 0.0153. The van der Waals surface area contributed by atoms with Crippen molar-refractivity contribution in [3.63, 3.8) is 0 Å². The van der Waals surface area contributed by atoms with E-state index in [1.54, 1.807) is 55.3 Å². The summed E-state index contributed by atoms with van der Waals surface area (Å²) in [6.45, 7) is 1.67. The maximum atomic E-state index is 12.5. The van der Waals surface area contributed by atoms with Gasteiger partial charge < -0.3 is 15.4 Å². The van der Waals surface area contributed by atoms with Crippen LogP contribution in [0.2, 0.25) is 15.1 Å². The maximum Gasteiger partial charge on any atom is 0.241 e. The van der Waals surface area contributed by atoms with Gasteiger partial charge in [0.2, 0.25) is 11.8 Å². The van der Waals surface area contributed by atoms with Crippen LogP contribution in [0.3, 0.4) is 0 Å². The van der Waals surface area contributed by atoms with Crippen LogP contribution >= 0.6 is 34.8 Å². The van der Waals surface area contributed by atoms with E-state index in [1.165, 1.54) is 7.11 Å². The van der Waals surface area contributed by atoms with Gasteiger partial charge >= 0.3 is 0 Å². The fourth-order valence-electron chi connectivity index (χ4n) is 2.36. The van der Waals surface area contributed by atoms with Crippen molar-refractivity contribution in [1.82, 2.24) is 4.90 Å². The molecule has 2 N–H and O–H groups in total. The summed E-state index contributed by atoms with van der Waals surface area (Å²) in [5.74, 6) is -0.129. The number of carbonyl (C=O) groups is 2. The van der Waals surface area contributed by atoms with E-state index < -0.39 is 6.04 Å². The number of carbonyl (C=O) groups excluding carboxylic acids is 2. The van der Waals surface area contributed by atoms with Crippen LogP contribution in [0.5, 0.6) is 5.75 Å². The molecule has 2 amide bonds. The zero-order chi connectivity index (χ0) is 20.8. The summed E-state index contributed by atoms with van der Waals surface area (Å²) in [7, 11) is 3.17. The van der Waals surface area contributed by atoms with Gasteiger partial charge in [-0.05, 0) is 50.4 Å². The van der Waals surface area contributed by atoms with Crippen molar-refractivity contribution in [3.8, 4) is 5.75 Å². The molecule has 0 aliphatic rings. The summed E-state index contributed by atoms with van der Waals surface area (Å²) in [6.07, 6.45) is 0. The molecular weight excluding hydrogens is 425 g/mol. The lowest BCUT2D eigenvalue weighted by molar-refractivity contribution is -0.122. The predicted molar refractivity (Wildman–Crippen MR) is 114 cm³/mol. The molecule has 2 rings (SSSR count). The Morgan fingerprint density at radius 3 is 2.32 bits per heavy atom. The molecule has 1 atom stereocenters. The first kappa shape index (κ1) is 22.3.